The van der Waals surface area contributed by atoms with Gasteiger partial charge >= 0.3 is 0 Å². The van der Waals surface area contributed by atoms with Crippen LogP contribution < -0.4 is 5.73 Å². The highest BCUT2D eigenvalue weighted by molar-refractivity contribution is 4.97. The maximum Gasteiger partial charge on any atom is 0.0331 e. The van der Waals surface area contributed by atoms with E-state index in [9.17, 15) is 0 Å². The topological polar surface area (TPSA) is 29.3 Å². The number of nitrogens with two attached hydrogens (primary N) is 1. The molecule has 2 N–H and O–H groups in total. The van der Waals surface area contributed by atoms with E-state index in [2.05, 4.69) is 25.7 Å². The Morgan fingerprint density at radius 3 is 2.33 bits per heavy atom. The number of rotatable bonds is 2. The lowest BCUT2D eigenvalue weighted by molar-refractivity contribution is 0.0434. The summed E-state index contributed by atoms with van der Waals surface area (Å²) < 4.78 is 0. The summed E-state index contributed by atoms with van der Waals surface area (Å²) >= 11 is 0. The fourth-order valence-corrected chi connectivity index (χ4v) is 3.85. The van der Waals surface area contributed by atoms with E-state index in [1.165, 1.54) is 58.0 Å². The van der Waals surface area contributed by atoms with Gasteiger partial charge in [0.2, 0.25) is 0 Å². The third-order valence-corrected chi connectivity index (χ3v) is 5.60. The Kier molecular flexibility index (Phi) is 4.38. The van der Waals surface area contributed by atoms with Gasteiger partial charge in [0.25, 0.3) is 0 Å². The Balaban J connectivity index is 2.05. The summed E-state index contributed by atoms with van der Waals surface area (Å²) in [6.45, 7) is 10.7. The first-order valence-electron chi connectivity index (χ1n) is 7.93. The number of nitrogens with zero attached hydrogens (tertiary/aromatic N) is 1. The van der Waals surface area contributed by atoms with Gasteiger partial charge in [-0.25, -0.2) is 0 Å². The quantitative estimate of drug-likeness (QED) is 0.763. The van der Waals surface area contributed by atoms with Crippen molar-refractivity contribution >= 4 is 0 Å². The van der Waals surface area contributed by atoms with Crippen LogP contribution in [0.25, 0.3) is 0 Å². The molecule has 0 amide bonds. The summed E-state index contributed by atoms with van der Waals surface area (Å²) in [4.78, 5) is 2.74. The van der Waals surface area contributed by atoms with Crippen molar-refractivity contribution in [1.29, 1.82) is 0 Å². The smallest absolute Gasteiger partial charge is 0.0331 e. The second kappa shape index (κ2) is 5.50. The molecule has 1 unspecified atom stereocenters. The van der Waals surface area contributed by atoms with Crippen LogP contribution in [0.15, 0.2) is 0 Å². The minimum absolute atomic E-state index is 0.327. The molecule has 0 bridgehead atoms. The second-order valence-corrected chi connectivity index (χ2v) is 7.62. The first kappa shape index (κ1) is 14.3. The molecule has 2 fully saturated rings. The molecular formula is C16H32N2. The normalized spacial score (nSPS) is 35.3. The van der Waals surface area contributed by atoms with E-state index < -0.39 is 0 Å². The monoisotopic (exact) mass is 252 g/mol. The molecule has 0 aromatic rings. The molecule has 2 rings (SSSR count). The van der Waals surface area contributed by atoms with Crippen LogP contribution in [0, 0.1) is 11.3 Å². The van der Waals surface area contributed by atoms with Crippen LogP contribution in [0.2, 0.25) is 0 Å². The molecule has 2 aliphatic rings. The lowest BCUT2D eigenvalue weighted by Crippen LogP contribution is -2.56. The standard InChI is InChI=1S/C16H32N2/c1-14-5-11-18(12-6-14)16(13-17)8-4-7-15(2,3)9-10-16/h14H,4-13,17H2,1-3H3. The Hall–Kier alpha value is -0.0800. The van der Waals surface area contributed by atoms with Crippen LogP contribution in [0.5, 0.6) is 0 Å². The molecule has 0 radical (unpaired) electrons. The summed E-state index contributed by atoms with van der Waals surface area (Å²) in [7, 11) is 0. The lowest BCUT2D eigenvalue weighted by Gasteiger charge is -2.46. The van der Waals surface area contributed by atoms with Crippen molar-refractivity contribution in [1.82, 2.24) is 4.90 Å². The first-order chi connectivity index (χ1) is 8.47. The van der Waals surface area contributed by atoms with Crippen LogP contribution in [0.1, 0.15) is 65.7 Å². The van der Waals surface area contributed by atoms with Gasteiger partial charge in [0.1, 0.15) is 0 Å². The van der Waals surface area contributed by atoms with Gasteiger partial charge in [-0.05, 0) is 62.9 Å². The molecule has 18 heavy (non-hydrogen) atoms. The zero-order valence-electron chi connectivity index (χ0n) is 12.7. The van der Waals surface area contributed by atoms with Gasteiger partial charge in [0, 0.05) is 12.1 Å². The molecule has 1 aliphatic carbocycles. The highest BCUT2D eigenvalue weighted by Crippen LogP contribution is 2.41. The van der Waals surface area contributed by atoms with E-state index in [1.807, 2.05) is 0 Å². The Morgan fingerprint density at radius 1 is 1.06 bits per heavy atom. The van der Waals surface area contributed by atoms with Gasteiger partial charge in [-0.2, -0.15) is 0 Å². The summed E-state index contributed by atoms with van der Waals surface area (Å²) in [5.74, 6) is 0.915. The zero-order valence-corrected chi connectivity index (χ0v) is 12.7. The van der Waals surface area contributed by atoms with E-state index in [0.717, 1.165) is 12.5 Å². The number of hydrogen-bond donors (Lipinski definition) is 1. The minimum atomic E-state index is 0.327. The molecule has 1 atom stereocenters. The summed E-state index contributed by atoms with van der Waals surface area (Å²) in [5.41, 5.74) is 7.08. The van der Waals surface area contributed by atoms with Crippen LogP contribution in [0.4, 0.5) is 0 Å². The second-order valence-electron chi connectivity index (χ2n) is 7.62. The molecular weight excluding hydrogens is 220 g/mol. The first-order valence-corrected chi connectivity index (χ1v) is 7.93. The van der Waals surface area contributed by atoms with Crippen molar-refractivity contribution in [2.75, 3.05) is 19.6 Å². The average Bonchev–Trinajstić information content (AvgIpc) is 2.50. The van der Waals surface area contributed by atoms with Crippen molar-refractivity contribution in [2.45, 2.75) is 71.3 Å². The Bertz CT molecular complexity index is 266. The van der Waals surface area contributed by atoms with Gasteiger partial charge in [-0.1, -0.05) is 27.2 Å². The van der Waals surface area contributed by atoms with Crippen molar-refractivity contribution in [2.24, 2.45) is 17.1 Å². The average molecular weight is 252 g/mol. The molecule has 2 heteroatoms. The van der Waals surface area contributed by atoms with Crippen molar-refractivity contribution in [3.63, 3.8) is 0 Å². The number of hydrogen-bond acceptors (Lipinski definition) is 2. The predicted molar refractivity (Wildman–Crippen MR) is 78.6 cm³/mol. The summed E-state index contributed by atoms with van der Waals surface area (Å²) in [6.07, 6.45) is 9.44. The van der Waals surface area contributed by atoms with E-state index in [0.29, 0.717) is 11.0 Å². The van der Waals surface area contributed by atoms with Crippen molar-refractivity contribution in [3.05, 3.63) is 0 Å². The third kappa shape index (κ3) is 3.08. The number of likely N-dealkylation sites (tertiary alicyclic amines) is 1. The van der Waals surface area contributed by atoms with Crippen LogP contribution in [-0.2, 0) is 0 Å². The molecule has 1 aliphatic heterocycles. The minimum Gasteiger partial charge on any atom is -0.329 e. The SMILES string of the molecule is CC1CCN(C2(CN)CCCC(C)(C)CC2)CC1. The van der Waals surface area contributed by atoms with Crippen LogP contribution >= 0.6 is 0 Å². The molecule has 1 heterocycles. The maximum absolute atomic E-state index is 6.22. The Labute approximate surface area is 113 Å². The van der Waals surface area contributed by atoms with Crippen molar-refractivity contribution in [3.8, 4) is 0 Å². The van der Waals surface area contributed by atoms with Crippen LogP contribution in [-0.4, -0.2) is 30.1 Å². The summed E-state index contributed by atoms with van der Waals surface area (Å²) in [6, 6.07) is 0. The maximum atomic E-state index is 6.22. The molecule has 0 spiro atoms. The van der Waals surface area contributed by atoms with Gasteiger partial charge in [-0.3, -0.25) is 4.90 Å². The fraction of sp³-hybridized carbons (Fsp3) is 1.00. The Morgan fingerprint density at radius 2 is 1.72 bits per heavy atom. The highest BCUT2D eigenvalue weighted by Gasteiger charge is 2.40. The molecule has 106 valence electrons. The number of piperidine rings is 1. The summed E-state index contributed by atoms with van der Waals surface area (Å²) in [5, 5.41) is 0. The molecule has 0 aromatic carbocycles. The van der Waals surface area contributed by atoms with Gasteiger partial charge < -0.3 is 5.73 Å². The molecule has 1 saturated heterocycles. The predicted octanol–water partition coefficient (Wildman–Crippen LogP) is 3.41. The highest BCUT2D eigenvalue weighted by atomic mass is 15.2. The van der Waals surface area contributed by atoms with E-state index in [4.69, 9.17) is 5.73 Å². The van der Waals surface area contributed by atoms with Gasteiger partial charge in [0.15, 0.2) is 0 Å². The molecule has 1 saturated carbocycles. The van der Waals surface area contributed by atoms with Crippen molar-refractivity contribution < 1.29 is 0 Å². The van der Waals surface area contributed by atoms with E-state index >= 15 is 0 Å². The zero-order chi connectivity index (χ0) is 13.2. The van der Waals surface area contributed by atoms with Gasteiger partial charge in [-0.15, -0.1) is 0 Å². The van der Waals surface area contributed by atoms with Crippen LogP contribution in [0.3, 0.4) is 0 Å². The third-order valence-electron chi connectivity index (χ3n) is 5.60. The molecule has 2 nitrogen and oxygen atoms in total. The molecule has 0 aromatic heterocycles. The fourth-order valence-electron chi connectivity index (χ4n) is 3.85. The van der Waals surface area contributed by atoms with E-state index in [1.54, 1.807) is 0 Å². The lowest BCUT2D eigenvalue weighted by atomic mass is 9.82. The van der Waals surface area contributed by atoms with Gasteiger partial charge in [0.05, 0.1) is 0 Å². The largest absolute Gasteiger partial charge is 0.329 e. The van der Waals surface area contributed by atoms with E-state index in [-0.39, 0.29) is 0 Å².